The predicted molar refractivity (Wildman–Crippen MR) is 198 cm³/mol. The molecule has 0 aromatic carbocycles. The normalized spacial score (nSPS) is 11.7. The topological polar surface area (TPSA) is 7.12 Å². The van der Waals surface area contributed by atoms with E-state index in [-0.39, 0.29) is 0 Å². The van der Waals surface area contributed by atoms with Gasteiger partial charge in [0.1, 0.15) is 0 Å². The molecule has 0 radical (unpaired) electrons. The van der Waals surface area contributed by atoms with Crippen LogP contribution in [0.3, 0.4) is 0 Å². The summed E-state index contributed by atoms with van der Waals surface area (Å²) in [5.74, 6) is 0. The molecule has 0 aliphatic carbocycles. The zero-order chi connectivity index (χ0) is 31.9. The van der Waals surface area contributed by atoms with Gasteiger partial charge in [0.05, 0.1) is 6.54 Å². The summed E-state index contributed by atoms with van der Waals surface area (Å²) in [6.45, 7) is 16.3. The minimum atomic E-state index is 1.13. The van der Waals surface area contributed by atoms with Crippen LogP contribution in [0.25, 0.3) is 0 Å². The molecule has 0 aliphatic heterocycles. The van der Waals surface area contributed by atoms with Gasteiger partial charge in [0.25, 0.3) is 0 Å². The maximum atomic E-state index is 2.80. The summed E-state index contributed by atoms with van der Waals surface area (Å²) in [6.07, 6.45) is 40.4. The lowest BCUT2D eigenvalue weighted by Crippen LogP contribution is -2.45. The Hall–Kier alpha value is -0.890. The van der Waals surface area contributed by atoms with Crippen molar-refractivity contribution in [3.05, 3.63) is 29.1 Å². The molecule has 0 spiro atoms. The summed E-state index contributed by atoms with van der Waals surface area (Å²) in [5.41, 5.74) is 4.21. The molecule has 0 fully saturated rings. The molecule has 258 valence electrons. The van der Waals surface area contributed by atoms with Crippen LogP contribution in [0.4, 0.5) is 0 Å². The molecule has 1 heterocycles. The number of aromatic nitrogens is 1. The Balaban J connectivity index is 2.19. The van der Waals surface area contributed by atoms with E-state index in [1.165, 1.54) is 216 Å². The molecule has 0 bridgehead atoms. The fourth-order valence-electron chi connectivity index (χ4n) is 7.12. The lowest BCUT2D eigenvalue weighted by Gasteiger charge is -2.21. The van der Waals surface area contributed by atoms with E-state index in [0.717, 1.165) is 6.54 Å². The second-order valence-corrected chi connectivity index (χ2v) is 14.5. The molecule has 0 N–H and O–H groups in total. The van der Waals surface area contributed by atoms with E-state index in [4.69, 9.17) is 0 Å². The van der Waals surface area contributed by atoms with Gasteiger partial charge in [-0.25, -0.2) is 0 Å². The monoisotopic (exact) mass is 614 g/mol. The van der Waals surface area contributed by atoms with Gasteiger partial charge in [0.15, 0.2) is 17.9 Å². The van der Waals surface area contributed by atoms with Gasteiger partial charge < -0.3 is 0 Å². The number of pyridine rings is 1. The Morgan fingerprint density at radius 2 is 0.659 bits per heavy atom. The second-order valence-electron chi connectivity index (χ2n) is 14.5. The maximum Gasteiger partial charge on any atom is 0.178 e. The first-order valence-corrected chi connectivity index (χ1v) is 20.3. The van der Waals surface area contributed by atoms with Crippen LogP contribution in [-0.4, -0.2) is 24.5 Å². The summed E-state index contributed by atoms with van der Waals surface area (Å²) in [4.78, 5) is 2.80. The fraction of sp³-hybridized carbons (Fsp3) is 0.881. The molecular weight excluding hydrogens is 532 g/mol. The third kappa shape index (κ3) is 24.4. The second kappa shape index (κ2) is 30.7. The quantitative estimate of drug-likeness (QED) is 0.0565. The van der Waals surface area contributed by atoms with Crippen LogP contribution in [0, 0.1) is 20.8 Å². The Morgan fingerprint density at radius 3 is 0.955 bits per heavy atom. The van der Waals surface area contributed by atoms with Crippen LogP contribution >= 0.6 is 0 Å². The van der Waals surface area contributed by atoms with E-state index in [0.29, 0.717) is 0 Å². The van der Waals surface area contributed by atoms with Crippen molar-refractivity contribution >= 4 is 0 Å². The molecule has 0 unspecified atom stereocenters. The number of hydrogen-bond acceptors (Lipinski definition) is 1. The van der Waals surface area contributed by atoms with Gasteiger partial charge in [0.2, 0.25) is 0 Å². The third-order valence-corrected chi connectivity index (χ3v) is 10.0. The maximum absolute atomic E-state index is 2.80. The third-order valence-electron chi connectivity index (χ3n) is 10.0. The zero-order valence-corrected chi connectivity index (χ0v) is 31.2. The summed E-state index contributed by atoms with van der Waals surface area (Å²) in [7, 11) is 0. The Morgan fingerprint density at radius 1 is 0.386 bits per heavy atom. The van der Waals surface area contributed by atoms with Crippen LogP contribution in [0.5, 0.6) is 0 Å². The van der Waals surface area contributed by atoms with Crippen molar-refractivity contribution in [1.82, 2.24) is 4.90 Å². The Kier molecular flexibility index (Phi) is 28.7. The molecule has 0 atom stereocenters. The molecule has 1 aromatic heterocycles. The molecule has 0 amide bonds. The van der Waals surface area contributed by atoms with Crippen LogP contribution < -0.4 is 4.57 Å². The minimum Gasteiger partial charge on any atom is -0.297 e. The van der Waals surface area contributed by atoms with Crippen LogP contribution in [0.2, 0.25) is 0 Å². The summed E-state index contributed by atoms with van der Waals surface area (Å²) >= 11 is 0. The van der Waals surface area contributed by atoms with Gasteiger partial charge >= 0.3 is 0 Å². The highest BCUT2D eigenvalue weighted by Crippen LogP contribution is 2.15. The predicted octanol–water partition coefficient (Wildman–Crippen LogP) is 13.2. The highest BCUT2D eigenvalue weighted by molar-refractivity contribution is 5.13. The van der Waals surface area contributed by atoms with Crippen LogP contribution in [0.1, 0.15) is 211 Å². The number of rotatable bonds is 33. The summed E-state index contributed by atoms with van der Waals surface area (Å²) in [6, 6.07) is 4.69. The Bertz CT molecular complexity index is 686. The first kappa shape index (κ1) is 41.1. The van der Waals surface area contributed by atoms with Crippen LogP contribution in [0.15, 0.2) is 12.1 Å². The summed E-state index contributed by atoms with van der Waals surface area (Å²) < 4.78 is 2.54. The first-order valence-electron chi connectivity index (χ1n) is 20.3. The molecule has 0 saturated carbocycles. The lowest BCUT2D eigenvalue weighted by molar-refractivity contribution is -0.708. The number of aryl methyl sites for hydroxylation is 3. The number of nitrogens with zero attached hydrogens (tertiary/aromatic N) is 2. The van der Waals surface area contributed by atoms with Crippen molar-refractivity contribution in [1.29, 1.82) is 0 Å². The fourth-order valence-corrected chi connectivity index (χ4v) is 7.12. The standard InChI is InChI=1S/C42H81N2/c1-6-8-10-12-14-16-18-20-22-24-26-28-30-32-34-43(36-37-44-41(4)38-40(3)39-42(44)5)35-33-31-29-27-25-23-21-19-17-15-13-11-9-7-2/h38-39H,6-37H2,1-5H3/q+1. The summed E-state index contributed by atoms with van der Waals surface area (Å²) in [5, 5.41) is 0. The van der Waals surface area contributed by atoms with E-state index < -0.39 is 0 Å². The van der Waals surface area contributed by atoms with Crippen LogP contribution in [-0.2, 0) is 6.54 Å². The smallest absolute Gasteiger partial charge is 0.178 e. The SMILES string of the molecule is CCCCCCCCCCCCCCCCN(CCCCCCCCCCCCCCCC)CC[n+]1c(C)cc(C)cc1C. The molecule has 1 aromatic rings. The van der Waals surface area contributed by atoms with Gasteiger partial charge in [-0.2, -0.15) is 4.57 Å². The molecule has 0 saturated heterocycles. The number of hydrogen-bond donors (Lipinski definition) is 0. The van der Waals surface area contributed by atoms with Gasteiger partial charge in [-0.15, -0.1) is 0 Å². The average molecular weight is 614 g/mol. The van der Waals surface area contributed by atoms with E-state index in [1.54, 1.807) is 0 Å². The minimum absolute atomic E-state index is 1.13. The molecule has 0 aliphatic rings. The highest BCUT2D eigenvalue weighted by atomic mass is 15.1. The van der Waals surface area contributed by atoms with E-state index in [1.807, 2.05) is 0 Å². The van der Waals surface area contributed by atoms with Gasteiger partial charge in [0, 0.05) is 26.0 Å². The van der Waals surface area contributed by atoms with Gasteiger partial charge in [-0.1, -0.05) is 181 Å². The van der Waals surface area contributed by atoms with Gasteiger partial charge in [-0.3, -0.25) is 4.90 Å². The van der Waals surface area contributed by atoms with Crippen molar-refractivity contribution in [2.45, 2.75) is 221 Å². The highest BCUT2D eigenvalue weighted by Gasteiger charge is 2.14. The molecular formula is C42H81N2+. The van der Waals surface area contributed by atoms with Crippen molar-refractivity contribution < 1.29 is 4.57 Å². The molecule has 1 rings (SSSR count). The average Bonchev–Trinajstić information content (AvgIpc) is 3.00. The van der Waals surface area contributed by atoms with E-state index in [9.17, 15) is 0 Å². The van der Waals surface area contributed by atoms with Crippen molar-refractivity contribution in [2.75, 3.05) is 19.6 Å². The Labute approximate surface area is 278 Å². The van der Waals surface area contributed by atoms with E-state index in [2.05, 4.69) is 56.2 Å². The van der Waals surface area contributed by atoms with E-state index >= 15 is 0 Å². The molecule has 44 heavy (non-hydrogen) atoms. The molecule has 2 nitrogen and oxygen atoms in total. The molecule has 2 heteroatoms. The zero-order valence-electron chi connectivity index (χ0n) is 31.2. The van der Waals surface area contributed by atoms with Crippen molar-refractivity contribution in [3.63, 3.8) is 0 Å². The largest absolute Gasteiger partial charge is 0.297 e. The first-order chi connectivity index (χ1) is 21.6. The van der Waals surface area contributed by atoms with Gasteiger partial charge in [-0.05, 0) is 38.4 Å². The van der Waals surface area contributed by atoms with Crippen molar-refractivity contribution in [3.8, 4) is 0 Å². The van der Waals surface area contributed by atoms with Crippen molar-refractivity contribution in [2.24, 2.45) is 0 Å². The number of unbranched alkanes of at least 4 members (excludes halogenated alkanes) is 26. The lowest BCUT2D eigenvalue weighted by atomic mass is 10.0.